The Hall–Kier alpha value is -1.46. The summed E-state index contributed by atoms with van der Waals surface area (Å²) >= 11 is 6.00. The topological polar surface area (TPSA) is 42.7 Å². The third kappa shape index (κ3) is 3.05. The summed E-state index contributed by atoms with van der Waals surface area (Å²) in [5, 5.41) is 11.6. The lowest BCUT2D eigenvalue weighted by molar-refractivity contribution is 0.624. The summed E-state index contributed by atoms with van der Waals surface area (Å²) in [6, 6.07) is 4.15. The van der Waals surface area contributed by atoms with E-state index in [2.05, 4.69) is 22.6 Å². The number of benzene rings is 1. The van der Waals surface area contributed by atoms with Gasteiger partial charge in [0, 0.05) is 12.6 Å². The van der Waals surface area contributed by atoms with E-state index in [4.69, 9.17) is 11.6 Å². The van der Waals surface area contributed by atoms with Gasteiger partial charge in [-0.2, -0.15) is 0 Å². The fraction of sp³-hybridized carbons (Fsp3) is 0.333. The van der Waals surface area contributed by atoms with Crippen molar-refractivity contribution in [2.24, 2.45) is 0 Å². The fourth-order valence-corrected chi connectivity index (χ4v) is 1.76. The summed E-state index contributed by atoms with van der Waals surface area (Å²) in [6.45, 7) is 3.66. The van der Waals surface area contributed by atoms with Crippen LogP contribution in [-0.2, 0) is 6.54 Å². The zero-order chi connectivity index (χ0) is 13.0. The summed E-state index contributed by atoms with van der Waals surface area (Å²) in [5.41, 5.74) is 1.29. The van der Waals surface area contributed by atoms with Gasteiger partial charge in [0.25, 0.3) is 0 Å². The Bertz CT molecular complexity index is 527. The van der Waals surface area contributed by atoms with Crippen molar-refractivity contribution < 1.29 is 4.39 Å². The highest BCUT2D eigenvalue weighted by molar-refractivity contribution is 6.32. The molecule has 0 aliphatic rings. The summed E-state index contributed by atoms with van der Waals surface area (Å²) in [5.74, 6) is -0.351. The standard InChI is InChI=1S/C12H14ClFN4/c1-2-5-15-7-10-8-18(17-16-10)12-6-9(14)3-4-11(12)13/h3-4,6,8,15H,2,5,7H2,1H3. The minimum Gasteiger partial charge on any atom is -0.311 e. The molecule has 0 amide bonds. The van der Waals surface area contributed by atoms with E-state index in [0.717, 1.165) is 18.7 Å². The zero-order valence-corrected chi connectivity index (χ0v) is 10.8. The molecular formula is C12H14ClFN4. The molecule has 0 spiro atoms. The molecule has 6 heteroatoms. The minimum atomic E-state index is -0.351. The number of hydrogen-bond donors (Lipinski definition) is 1. The molecule has 2 rings (SSSR count). The number of halogens is 2. The number of nitrogens with zero attached hydrogens (tertiary/aromatic N) is 3. The molecule has 0 unspecified atom stereocenters. The van der Waals surface area contributed by atoms with E-state index in [9.17, 15) is 4.39 Å². The highest BCUT2D eigenvalue weighted by Gasteiger charge is 2.07. The van der Waals surface area contributed by atoms with Crippen LogP contribution in [0, 0.1) is 5.82 Å². The molecule has 96 valence electrons. The molecule has 2 aromatic rings. The SMILES string of the molecule is CCCNCc1cn(-c2cc(F)ccc2Cl)nn1. The molecule has 0 radical (unpaired) electrons. The van der Waals surface area contributed by atoms with Gasteiger partial charge in [-0.15, -0.1) is 5.10 Å². The lowest BCUT2D eigenvalue weighted by Gasteiger charge is -2.02. The van der Waals surface area contributed by atoms with Crippen LogP contribution in [0.15, 0.2) is 24.4 Å². The van der Waals surface area contributed by atoms with Gasteiger partial charge < -0.3 is 5.32 Å². The molecule has 1 aromatic carbocycles. The van der Waals surface area contributed by atoms with Crippen LogP contribution in [0.4, 0.5) is 4.39 Å². The van der Waals surface area contributed by atoms with Gasteiger partial charge in [-0.25, -0.2) is 9.07 Å². The molecule has 4 nitrogen and oxygen atoms in total. The second kappa shape index (κ2) is 5.93. The van der Waals surface area contributed by atoms with Gasteiger partial charge in [-0.05, 0) is 25.1 Å². The van der Waals surface area contributed by atoms with Crippen LogP contribution in [0.25, 0.3) is 5.69 Å². The molecule has 0 saturated carbocycles. The Morgan fingerprint density at radius 1 is 1.44 bits per heavy atom. The van der Waals surface area contributed by atoms with Crippen LogP contribution in [-0.4, -0.2) is 21.5 Å². The first-order chi connectivity index (χ1) is 8.70. The van der Waals surface area contributed by atoms with Crippen molar-refractivity contribution in [1.29, 1.82) is 0 Å². The first-order valence-corrected chi connectivity index (χ1v) is 6.16. The number of rotatable bonds is 5. The average molecular weight is 269 g/mol. The molecule has 1 heterocycles. The van der Waals surface area contributed by atoms with Crippen molar-refractivity contribution in [2.75, 3.05) is 6.54 Å². The van der Waals surface area contributed by atoms with E-state index in [1.807, 2.05) is 0 Å². The first kappa shape index (κ1) is 13.0. The molecule has 1 aromatic heterocycles. The Labute approximate surface area is 110 Å². The van der Waals surface area contributed by atoms with Crippen molar-refractivity contribution in [3.8, 4) is 5.69 Å². The molecule has 18 heavy (non-hydrogen) atoms. The fourth-order valence-electron chi connectivity index (χ4n) is 1.55. The van der Waals surface area contributed by atoms with Crippen LogP contribution < -0.4 is 5.32 Å². The van der Waals surface area contributed by atoms with Crippen molar-refractivity contribution in [1.82, 2.24) is 20.3 Å². The molecule has 0 fully saturated rings. The van der Waals surface area contributed by atoms with E-state index >= 15 is 0 Å². The van der Waals surface area contributed by atoms with Crippen molar-refractivity contribution >= 4 is 11.6 Å². The Balaban J connectivity index is 2.16. The summed E-state index contributed by atoms with van der Waals surface area (Å²) in [4.78, 5) is 0. The summed E-state index contributed by atoms with van der Waals surface area (Å²) < 4.78 is 14.6. The van der Waals surface area contributed by atoms with Crippen LogP contribution in [0.1, 0.15) is 19.0 Å². The van der Waals surface area contributed by atoms with E-state index in [1.165, 1.54) is 22.9 Å². The second-order valence-electron chi connectivity index (χ2n) is 3.93. The van der Waals surface area contributed by atoms with Gasteiger partial charge in [0.05, 0.1) is 22.6 Å². The lowest BCUT2D eigenvalue weighted by Crippen LogP contribution is -2.13. The van der Waals surface area contributed by atoms with Crippen LogP contribution in [0.2, 0.25) is 5.02 Å². The molecule has 1 N–H and O–H groups in total. The monoisotopic (exact) mass is 268 g/mol. The van der Waals surface area contributed by atoms with E-state index in [1.54, 1.807) is 6.20 Å². The van der Waals surface area contributed by atoms with Crippen LogP contribution >= 0.6 is 11.6 Å². The zero-order valence-electron chi connectivity index (χ0n) is 10.0. The molecule has 0 aliphatic heterocycles. The highest BCUT2D eigenvalue weighted by Crippen LogP contribution is 2.20. The largest absolute Gasteiger partial charge is 0.311 e. The molecular weight excluding hydrogens is 255 g/mol. The maximum Gasteiger partial charge on any atom is 0.125 e. The highest BCUT2D eigenvalue weighted by atomic mass is 35.5. The third-order valence-electron chi connectivity index (χ3n) is 2.43. The van der Waals surface area contributed by atoms with Gasteiger partial charge in [-0.3, -0.25) is 0 Å². The smallest absolute Gasteiger partial charge is 0.125 e. The lowest BCUT2D eigenvalue weighted by atomic mass is 10.3. The van der Waals surface area contributed by atoms with E-state index in [-0.39, 0.29) is 5.82 Å². The van der Waals surface area contributed by atoms with Crippen molar-refractivity contribution in [3.05, 3.63) is 40.9 Å². The summed E-state index contributed by atoms with van der Waals surface area (Å²) in [6.07, 6.45) is 2.80. The van der Waals surface area contributed by atoms with Crippen molar-refractivity contribution in [3.63, 3.8) is 0 Å². The van der Waals surface area contributed by atoms with E-state index in [0.29, 0.717) is 17.3 Å². The van der Waals surface area contributed by atoms with Gasteiger partial charge in [0.2, 0.25) is 0 Å². The quantitative estimate of drug-likeness (QED) is 0.848. The van der Waals surface area contributed by atoms with Crippen LogP contribution in [0.3, 0.4) is 0 Å². The summed E-state index contributed by atoms with van der Waals surface area (Å²) in [7, 11) is 0. The Morgan fingerprint density at radius 2 is 2.28 bits per heavy atom. The Kier molecular flexibility index (Phi) is 4.28. The number of hydrogen-bond acceptors (Lipinski definition) is 3. The normalized spacial score (nSPS) is 10.8. The van der Waals surface area contributed by atoms with Gasteiger partial charge >= 0.3 is 0 Å². The second-order valence-corrected chi connectivity index (χ2v) is 4.33. The average Bonchev–Trinajstić information content (AvgIpc) is 2.81. The Morgan fingerprint density at radius 3 is 3.06 bits per heavy atom. The molecule has 0 atom stereocenters. The maximum absolute atomic E-state index is 13.2. The van der Waals surface area contributed by atoms with Gasteiger partial charge in [-0.1, -0.05) is 23.7 Å². The maximum atomic E-state index is 13.2. The number of nitrogens with one attached hydrogen (secondary N) is 1. The molecule has 0 bridgehead atoms. The van der Waals surface area contributed by atoms with Gasteiger partial charge in [0.1, 0.15) is 5.82 Å². The third-order valence-corrected chi connectivity index (χ3v) is 2.75. The first-order valence-electron chi connectivity index (χ1n) is 5.78. The number of aromatic nitrogens is 3. The predicted molar refractivity (Wildman–Crippen MR) is 68.3 cm³/mol. The molecule has 0 saturated heterocycles. The molecule has 0 aliphatic carbocycles. The minimum absolute atomic E-state index is 0.351. The van der Waals surface area contributed by atoms with Gasteiger partial charge in [0.15, 0.2) is 0 Å². The van der Waals surface area contributed by atoms with Crippen molar-refractivity contribution in [2.45, 2.75) is 19.9 Å². The predicted octanol–water partition coefficient (Wildman–Crippen LogP) is 2.56. The van der Waals surface area contributed by atoms with E-state index < -0.39 is 0 Å². The van der Waals surface area contributed by atoms with Crippen LogP contribution in [0.5, 0.6) is 0 Å².